The van der Waals surface area contributed by atoms with Crippen molar-refractivity contribution in [2.24, 2.45) is 0 Å². The van der Waals surface area contributed by atoms with Gasteiger partial charge in [-0.2, -0.15) is 26.3 Å². The molecule has 1 aliphatic heterocycles. The number of likely N-dealkylation sites (tertiary alicyclic amines) is 1. The Morgan fingerprint density at radius 1 is 0.875 bits per heavy atom. The van der Waals surface area contributed by atoms with Gasteiger partial charge in [-0.05, 0) is 68.2 Å². The second-order valence-corrected chi connectivity index (χ2v) is 8.34. The molecule has 1 atom stereocenters. The average molecular weight is 459 g/mol. The van der Waals surface area contributed by atoms with E-state index in [9.17, 15) is 26.3 Å². The fourth-order valence-electron chi connectivity index (χ4n) is 4.34. The zero-order chi connectivity index (χ0) is 23.4. The lowest BCUT2D eigenvalue weighted by molar-refractivity contribution is -0.143. The van der Waals surface area contributed by atoms with Crippen molar-refractivity contribution >= 4 is 0 Å². The molecule has 0 amide bonds. The molecule has 0 N–H and O–H groups in total. The molecular weight excluding hydrogens is 432 g/mol. The van der Waals surface area contributed by atoms with Gasteiger partial charge in [-0.1, -0.05) is 37.3 Å². The van der Waals surface area contributed by atoms with Gasteiger partial charge in [0.25, 0.3) is 0 Å². The number of rotatable bonds is 6. The highest BCUT2D eigenvalue weighted by molar-refractivity contribution is 5.33. The zero-order valence-electron chi connectivity index (χ0n) is 17.9. The summed E-state index contributed by atoms with van der Waals surface area (Å²) in [5, 5.41) is 0. The molecule has 0 radical (unpaired) electrons. The fourth-order valence-corrected chi connectivity index (χ4v) is 4.34. The number of benzene rings is 2. The van der Waals surface area contributed by atoms with Crippen LogP contribution in [0.25, 0.3) is 0 Å². The van der Waals surface area contributed by atoms with E-state index in [0.29, 0.717) is 0 Å². The Morgan fingerprint density at radius 3 is 2.06 bits per heavy atom. The van der Waals surface area contributed by atoms with E-state index < -0.39 is 23.5 Å². The minimum absolute atomic E-state index is 0.138. The fraction of sp³-hybridized carbons (Fsp3) is 0.500. The number of alkyl halides is 6. The molecule has 1 heterocycles. The van der Waals surface area contributed by atoms with Crippen molar-refractivity contribution in [3.8, 4) is 0 Å². The van der Waals surface area contributed by atoms with E-state index in [2.05, 4.69) is 11.8 Å². The van der Waals surface area contributed by atoms with Crippen LogP contribution < -0.4 is 0 Å². The summed E-state index contributed by atoms with van der Waals surface area (Å²) in [6, 6.07) is 11.4. The third-order valence-electron chi connectivity index (χ3n) is 6.16. The van der Waals surface area contributed by atoms with Gasteiger partial charge in [0.1, 0.15) is 0 Å². The van der Waals surface area contributed by atoms with Gasteiger partial charge in [-0.3, -0.25) is 0 Å². The summed E-state index contributed by atoms with van der Waals surface area (Å²) in [5.41, 5.74) is -2.04. The Hall–Kier alpha value is -2.06. The summed E-state index contributed by atoms with van der Waals surface area (Å²) in [6.07, 6.45) is -7.16. The molecule has 2 aromatic rings. The van der Waals surface area contributed by atoms with E-state index in [1.807, 2.05) is 30.3 Å². The van der Waals surface area contributed by atoms with Gasteiger partial charge >= 0.3 is 12.4 Å². The predicted octanol–water partition coefficient (Wildman–Crippen LogP) is 6.68. The second-order valence-electron chi connectivity index (χ2n) is 8.34. The standard InChI is InChI=1S/C24H27F6NO/c1-2-31-11-6-9-22(10-12-31,19-7-4-3-5-8-19)17-32-16-18-13-20(23(25,26)27)15-21(14-18)24(28,29)30/h3-5,7-8,13-15H,2,6,9-12,16-17H2,1H3/t22-/m0/s1. The minimum Gasteiger partial charge on any atom is -0.376 e. The molecule has 32 heavy (non-hydrogen) atoms. The summed E-state index contributed by atoms with van der Waals surface area (Å²) in [5.74, 6) is 0. The van der Waals surface area contributed by atoms with Crippen molar-refractivity contribution in [3.63, 3.8) is 0 Å². The van der Waals surface area contributed by atoms with Crippen molar-refractivity contribution in [1.29, 1.82) is 0 Å². The molecule has 2 aromatic carbocycles. The van der Waals surface area contributed by atoms with Crippen LogP contribution in [0.1, 0.15) is 48.4 Å². The van der Waals surface area contributed by atoms with Crippen molar-refractivity contribution in [2.45, 2.75) is 50.6 Å². The van der Waals surface area contributed by atoms with Gasteiger partial charge in [0.15, 0.2) is 0 Å². The summed E-state index contributed by atoms with van der Waals surface area (Å²) in [6.45, 7) is 4.74. The monoisotopic (exact) mass is 459 g/mol. The molecule has 0 bridgehead atoms. The highest BCUT2D eigenvalue weighted by Crippen LogP contribution is 2.38. The molecule has 0 spiro atoms. The minimum atomic E-state index is -4.87. The van der Waals surface area contributed by atoms with E-state index in [1.54, 1.807) is 0 Å². The molecular formula is C24H27F6NO. The molecule has 3 rings (SSSR count). The summed E-state index contributed by atoms with van der Waals surface area (Å²) in [4.78, 5) is 2.34. The lowest BCUT2D eigenvalue weighted by Gasteiger charge is -2.33. The first kappa shape index (κ1) is 24.6. The van der Waals surface area contributed by atoms with Crippen LogP contribution >= 0.6 is 0 Å². The Balaban J connectivity index is 1.82. The first-order chi connectivity index (χ1) is 15.0. The summed E-state index contributed by atoms with van der Waals surface area (Å²) in [7, 11) is 0. The highest BCUT2D eigenvalue weighted by atomic mass is 19.4. The van der Waals surface area contributed by atoms with Crippen molar-refractivity contribution in [3.05, 3.63) is 70.8 Å². The molecule has 0 aliphatic carbocycles. The van der Waals surface area contributed by atoms with Crippen LogP contribution in [0.4, 0.5) is 26.3 Å². The Labute approximate surface area is 184 Å². The molecule has 1 saturated heterocycles. The quantitative estimate of drug-likeness (QED) is 0.447. The number of halogens is 6. The number of hydrogen-bond acceptors (Lipinski definition) is 2. The van der Waals surface area contributed by atoms with E-state index in [4.69, 9.17) is 4.74 Å². The van der Waals surface area contributed by atoms with Gasteiger partial charge in [0.2, 0.25) is 0 Å². The van der Waals surface area contributed by atoms with Crippen molar-refractivity contribution in [2.75, 3.05) is 26.2 Å². The van der Waals surface area contributed by atoms with Crippen LogP contribution in [0.3, 0.4) is 0 Å². The molecule has 0 unspecified atom stereocenters. The lowest BCUT2D eigenvalue weighted by atomic mass is 9.75. The smallest absolute Gasteiger partial charge is 0.376 e. The van der Waals surface area contributed by atoms with E-state index in [-0.39, 0.29) is 30.3 Å². The maximum absolute atomic E-state index is 13.1. The maximum atomic E-state index is 13.1. The number of ether oxygens (including phenoxy) is 1. The number of hydrogen-bond donors (Lipinski definition) is 0. The van der Waals surface area contributed by atoms with E-state index in [0.717, 1.165) is 56.6 Å². The van der Waals surface area contributed by atoms with Crippen LogP contribution in [0, 0.1) is 0 Å². The molecule has 1 aliphatic rings. The molecule has 2 nitrogen and oxygen atoms in total. The van der Waals surface area contributed by atoms with Crippen molar-refractivity contribution in [1.82, 2.24) is 4.90 Å². The van der Waals surface area contributed by atoms with Crippen LogP contribution in [-0.2, 0) is 29.1 Å². The van der Waals surface area contributed by atoms with E-state index >= 15 is 0 Å². The van der Waals surface area contributed by atoms with Crippen LogP contribution in [0.15, 0.2) is 48.5 Å². The van der Waals surface area contributed by atoms with Crippen LogP contribution in [0.5, 0.6) is 0 Å². The summed E-state index contributed by atoms with van der Waals surface area (Å²) < 4.78 is 84.6. The van der Waals surface area contributed by atoms with E-state index in [1.165, 1.54) is 0 Å². The maximum Gasteiger partial charge on any atom is 0.416 e. The van der Waals surface area contributed by atoms with Crippen LogP contribution in [-0.4, -0.2) is 31.1 Å². The third kappa shape index (κ3) is 6.04. The molecule has 8 heteroatoms. The second kappa shape index (κ2) is 9.83. The predicted molar refractivity (Wildman–Crippen MR) is 110 cm³/mol. The number of nitrogens with zero attached hydrogens (tertiary/aromatic N) is 1. The first-order valence-electron chi connectivity index (χ1n) is 10.7. The zero-order valence-corrected chi connectivity index (χ0v) is 17.9. The Bertz CT molecular complexity index is 848. The Morgan fingerprint density at radius 2 is 1.50 bits per heavy atom. The first-order valence-corrected chi connectivity index (χ1v) is 10.7. The topological polar surface area (TPSA) is 12.5 Å². The summed E-state index contributed by atoms with van der Waals surface area (Å²) >= 11 is 0. The van der Waals surface area contributed by atoms with Crippen LogP contribution in [0.2, 0.25) is 0 Å². The lowest BCUT2D eigenvalue weighted by Crippen LogP contribution is -2.34. The van der Waals surface area contributed by atoms with Gasteiger partial charge in [-0.15, -0.1) is 0 Å². The molecule has 0 aromatic heterocycles. The molecule has 176 valence electrons. The Kier molecular flexibility index (Phi) is 7.55. The SMILES string of the molecule is CCN1CCC[C@](COCc2cc(C(F)(F)F)cc(C(F)(F)F)c2)(c2ccccc2)CC1. The average Bonchev–Trinajstić information content (AvgIpc) is 2.96. The molecule has 0 saturated carbocycles. The van der Waals surface area contributed by atoms with Gasteiger partial charge in [-0.25, -0.2) is 0 Å². The molecule has 1 fully saturated rings. The highest BCUT2D eigenvalue weighted by Gasteiger charge is 2.37. The van der Waals surface area contributed by atoms with Gasteiger partial charge in [0.05, 0.1) is 24.3 Å². The third-order valence-corrected chi connectivity index (χ3v) is 6.16. The normalized spacial score (nSPS) is 20.8. The van der Waals surface area contributed by atoms with Gasteiger partial charge in [0, 0.05) is 5.41 Å². The van der Waals surface area contributed by atoms with Gasteiger partial charge < -0.3 is 9.64 Å². The van der Waals surface area contributed by atoms with Crippen molar-refractivity contribution < 1.29 is 31.1 Å². The largest absolute Gasteiger partial charge is 0.416 e.